The fourth-order valence-electron chi connectivity index (χ4n) is 2.12. The van der Waals surface area contributed by atoms with Crippen LogP contribution in [0.1, 0.15) is 39.2 Å². The number of carbonyl (C=O) groups excluding carboxylic acids is 1. The highest BCUT2D eigenvalue weighted by molar-refractivity contribution is 5.96. The van der Waals surface area contributed by atoms with Crippen LogP contribution in [0.2, 0.25) is 0 Å². The lowest BCUT2D eigenvalue weighted by Crippen LogP contribution is -2.24. The van der Waals surface area contributed by atoms with E-state index in [1.165, 1.54) is 18.2 Å². The minimum absolute atomic E-state index is 0.105. The standard InChI is InChI=1S/C16H14F3NO5/c1-2-11-10(15(22)23)7-13(24-11)14(21)20-8-9-5-3-4-6-12(9)25-16(17,18)19/h3-7H,2,8H2,1H3,(H,20,21)(H,22,23). The molecule has 9 heteroatoms. The number of para-hydroxylation sites is 1. The predicted molar refractivity (Wildman–Crippen MR) is 79.3 cm³/mol. The quantitative estimate of drug-likeness (QED) is 0.827. The number of aromatic carboxylic acids is 1. The Morgan fingerprint density at radius 3 is 2.52 bits per heavy atom. The molecular formula is C16H14F3NO5. The Balaban J connectivity index is 2.12. The number of aryl methyl sites for hydroxylation is 1. The van der Waals surface area contributed by atoms with Crippen molar-refractivity contribution in [3.8, 4) is 5.75 Å². The zero-order chi connectivity index (χ0) is 18.6. The first-order valence-electron chi connectivity index (χ1n) is 7.19. The van der Waals surface area contributed by atoms with Gasteiger partial charge in [0.05, 0.1) is 0 Å². The van der Waals surface area contributed by atoms with E-state index in [0.717, 1.165) is 12.1 Å². The van der Waals surface area contributed by atoms with Gasteiger partial charge in [0.1, 0.15) is 17.1 Å². The van der Waals surface area contributed by atoms with Gasteiger partial charge < -0.3 is 19.6 Å². The number of rotatable bonds is 6. The lowest BCUT2D eigenvalue weighted by Gasteiger charge is -2.13. The van der Waals surface area contributed by atoms with Crippen molar-refractivity contribution in [3.63, 3.8) is 0 Å². The largest absolute Gasteiger partial charge is 0.573 e. The molecule has 0 saturated heterocycles. The molecule has 134 valence electrons. The van der Waals surface area contributed by atoms with E-state index in [1.54, 1.807) is 6.92 Å². The number of amides is 1. The van der Waals surface area contributed by atoms with Gasteiger partial charge in [-0.3, -0.25) is 4.79 Å². The zero-order valence-electron chi connectivity index (χ0n) is 13.0. The summed E-state index contributed by atoms with van der Waals surface area (Å²) in [6, 6.07) is 6.43. The third-order valence-corrected chi connectivity index (χ3v) is 3.22. The molecule has 0 bridgehead atoms. The van der Waals surface area contributed by atoms with Gasteiger partial charge in [-0.2, -0.15) is 0 Å². The van der Waals surface area contributed by atoms with Crippen LogP contribution >= 0.6 is 0 Å². The highest BCUT2D eigenvalue weighted by atomic mass is 19.4. The molecule has 2 N–H and O–H groups in total. The summed E-state index contributed by atoms with van der Waals surface area (Å²) >= 11 is 0. The van der Waals surface area contributed by atoms with Crippen LogP contribution < -0.4 is 10.1 Å². The first-order valence-corrected chi connectivity index (χ1v) is 7.19. The van der Waals surface area contributed by atoms with E-state index in [0.29, 0.717) is 0 Å². The number of alkyl halides is 3. The third kappa shape index (κ3) is 4.75. The molecule has 2 rings (SSSR count). The molecule has 25 heavy (non-hydrogen) atoms. The number of benzene rings is 1. The van der Waals surface area contributed by atoms with Crippen LogP contribution in [0.3, 0.4) is 0 Å². The molecule has 1 amide bonds. The van der Waals surface area contributed by atoms with Gasteiger partial charge in [0.2, 0.25) is 0 Å². The predicted octanol–water partition coefficient (Wildman–Crippen LogP) is 3.37. The van der Waals surface area contributed by atoms with Gasteiger partial charge in [0.15, 0.2) is 5.76 Å². The Morgan fingerprint density at radius 1 is 1.28 bits per heavy atom. The van der Waals surface area contributed by atoms with Crippen molar-refractivity contribution >= 4 is 11.9 Å². The number of ether oxygens (including phenoxy) is 1. The summed E-state index contributed by atoms with van der Waals surface area (Å²) in [5.74, 6) is -2.51. The van der Waals surface area contributed by atoms with Crippen molar-refractivity contribution < 1.29 is 37.0 Å². The van der Waals surface area contributed by atoms with Crippen LogP contribution in [0.25, 0.3) is 0 Å². The fourth-order valence-corrected chi connectivity index (χ4v) is 2.12. The van der Waals surface area contributed by atoms with Crippen molar-refractivity contribution in [1.82, 2.24) is 5.32 Å². The van der Waals surface area contributed by atoms with Gasteiger partial charge in [-0.05, 0) is 6.07 Å². The molecule has 0 aliphatic rings. The second-order valence-corrected chi connectivity index (χ2v) is 4.94. The second-order valence-electron chi connectivity index (χ2n) is 4.94. The van der Waals surface area contributed by atoms with Crippen LogP contribution in [0.5, 0.6) is 5.75 Å². The van der Waals surface area contributed by atoms with Crippen molar-refractivity contribution in [3.05, 3.63) is 53.0 Å². The van der Waals surface area contributed by atoms with Gasteiger partial charge in [0.25, 0.3) is 5.91 Å². The fraction of sp³-hybridized carbons (Fsp3) is 0.250. The first kappa shape index (κ1) is 18.4. The molecule has 0 aliphatic heterocycles. The van der Waals surface area contributed by atoms with Crippen molar-refractivity contribution in [2.75, 3.05) is 0 Å². The molecule has 2 aromatic rings. The van der Waals surface area contributed by atoms with Crippen molar-refractivity contribution in [2.45, 2.75) is 26.3 Å². The molecule has 1 heterocycles. The number of nitrogens with one attached hydrogen (secondary N) is 1. The maximum Gasteiger partial charge on any atom is 0.573 e. The van der Waals surface area contributed by atoms with E-state index in [4.69, 9.17) is 9.52 Å². The highest BCUT2D eigenvalue weighted by Crippen LogP contribution is 2.26. The zero-order valence-corrected chi connectivity index (χ0v) is 13.0. The number of carboxylic acid groups (broad SMARTS) is 1. The summed E-state index contributed by atoms with van der Waals surface area (Å²) in [6.45, 7) is 1.41. The van der Waals surface area contributed by atoms with Crippen LogP contribution in [0.15, 0.2) is 34.7 Å². The molecule has 0 radical (unpaired) electrons. The Hall–Kier alpha value is -2.97. The Kier molecular flexibility index (Phi) is 5.35. The minimum atomic E-state index is -4.85. The van der Waals surface area contributed by atoms with Crippen molar-refractivity contribution in [1.29, 1.82) is 0 Å². The van der Waals surface area contributed by atoms with Gasteiger partial charge in [-0.15, -0.1) is 13.2 Å². The highest BCUT2D eigenvalue weighted by Gasteiger charge is 2.32. The maximum atomic E-state index is 12.4. The van der Waals surface area contributed by atoms with E-state index >= 15 is 0 Å². The molecule has 0 spiro atoms. The van der Waals surface area contributed by atoms with E-state index < -0.39 is 24.0 Å². The summed E-state index contributed by atoms with van der Waals surface area (Å²) in [5, 5.41) is 11.4. The topological polar surface area (TPSA) is 88.8 Å². The molecule has 0 unspecified atom stereocenters. The number of carboxylic acids is 1. The van der Waals surface area contributed by atoms with E-state index in [1.807, 2.05) is 0 Å². The van der Waals surface area contributed by atoms with Crippen LogP contribution in [0, 0.1) is 0 Å². The lowest BCUT2D eigenvalue weighted by atomic mass is 10.2. The summed E-state index contributed by atoms with van der Waals surface area (Å²) in [6.07, 6.45) is -4.58. The summed E-state index contributed by atoms with van der Waals surface area (Å²) in [5.41, 5.74) is -0.0256. The third-order valence-electron chi connectivity index (χ3n) is 3.22. The van der Waals surface area contributed by atoms with E-state index in [2.05, 4.69) is 10.1 Å². The molecule has 0 aliphatic carbocycles. The summed E-state index contributed by atoms with van der Waals surface area (Å²) in [7, 11) is 0. The molecule has 0 fully saturated rings. The average molecular weight is 357 g/mol. The number of halogens is 3. The number of hydrogen-bond acceptors (Lipinski definition) is 4. The summed E-state index contributed by atoms with van der Waals surface area (Å²) < 4.78 is 46.2. The number of hydrogen-bond donors (Lipinski definition) is 2. The van der Waals surface area contributed by atoms with Gasteiger partial charge in [0, 0.05) is 24.6 Å². The summed E-state index contributed by atoms with van der Waals surface area (Å²) in [4.78, 5) is 23.1. The van der Waals surface area contributed by atoms with Gasteiger partial charge >= 0.3 is 12.3 Å². The van der Waals surface area contributed by atoms with Crippen LogP contribution in [0.4, 0.5) is 13.2 Å². The van der Waals surface area contributed by atoms with E-state index in [9.17, 15) is 22.8 Å². The van der Waals surface area contributed by atoms with Gasteiger partial charge in [-0.1, -0.05) is 25.1 Å². The van der Waals surface area contributed by atoms with Crippen LogP contribution in [-0.4, -0.2) is 23.3 Å². The SMILES string of the molecule is CCc1oc(C(=O)NCc2ccccc2OC(F)(F)F)cc1C(=O)O. The molecule has 1 aromatic carbocycles. The van der Waals surface area contributed by atoms with E-state index in [-0.39, 0.29) is 35.6 Å². The monoisotopic (exact) mass is 357 g/mol. The number of carbonyl (C=O) groups is 2. The Morgan fingerprint density at radius 2 is 1.96 bits per heavy atom. The van der Waals surface area contributed by atoms with Crippen LogP contribution in [-0.2, 0) is 13.0 Å². The Labute approximate surface area is 140 Å². The Bertz CT molecular complexity index is 782. The number of furan rings is 1. The smallest absolute Gasteiger partial charge is 0.478 e. The maximum absolute atomic E-state index is 12.4. The molecule has 1 aromatic heterocycles. The average Bonchev–Trinajstić information content (AvgIpc) is 2.97. The lowest BCUT2D eigenvalue weighted by molar-refractivity contribution is -0.274. The molecule has 6 nitrogen and oxygen atoms in total. The second kappa shape index (κ2) is 7.29. The molecule has 0 atom stereocenters. The molecular weight excluding hydrogens is 343 g/mol. The molecule has 0 saturated carbocycles. The normalized spacial score (nSPS) is 11.2. The first-order chi connectivity index (χ1) is 11.7. The van der Waals surface area contributed by atoms with Gasteiger partial charge in [-0.25, -0.2) is 4.79 Å². The minimum Gasteiger partial charge on any atom is -0.478 e. The van der Waals surface area contributed by atoms with Crippen molar-refractivity contribution in [2.24, 2.45) is 0 Å².